The molecule has 0 atom stereocenters. The maximum absolute atomic E-state index is 11.4. The van der Waals surface area contributed by atoms with Crippen molar-refractivity contribution in [1.82, 2.24) is 9.38 Å². The Labute approximate surface area is 116 Å². The van der Waals surface area contributed by atoms with Crippen molar-refractivity contribution >= 4 is 11.5 Å². The largest absolute Gasteiger partial charge is 0.477 e. The van der Waals surface area contributed by atoms with E-state index in [1.807, 2.05) is 38.1 Å². The minimum Gasteiger partial charge on any atom is -0.477 e. The number of benzene rings is 1. The molecule has 1 aromatic carbocycles. The fourth-order valence-corrected chi connectivity index (χ4v) is 2.38. The minimum absolute atomic E-state index is 0.218. The van der Waals surface area contributed by atoms with Gasteiger partial charge in [-0.05, 0) is 37.6 Å². The Morgan fingerprint density at radius 3 is 2.75 bits per heavy atom. The van der Waals surface area contributed by atoms with Gasteiger partial charge in [-0.2, -0.15) is 0 Å². The molecule has 0 radical (unpaired) electrons. The van der Waals surface area contributed by atoms with Crippen molar-refractivity contribution in [1.29, 1.82) is 0 Å². The number of carboxylic acids is 1. The van der Waals surface area contributed by atoms with Crippen LogP contribution in [0.3, 0.4) is 0 Å². The van der Waals surface area contributed by atoms with E-state index in [0.29, 0.717) is 5.82 Å². The quantitative estimate of drug-likeness (QED) is 0.774. The number of carbonyl (C=O) groups is 1. The predicted octanol–water partition coefficient (Wildman–Crippen LogP) is 3.32. The molecule has 0 saturated heterocycles. The van der Waals surface area contributed by atoms with Gasteiger partial charge in [0.25, 0.3) is 0 Å². The monoisotopic (exact) mass is 266 g/mol. The van der Waals surface area contributed by atoms with Crippen LogP contribution in [-0.2, 0) is 0 Å². The van der Waals surface area contributed by atoms with Gasteiger partial charge in [-0.1, -0.05) is 23.8 Å². The summed E-state index contributed by atoms with van der Waals surface area (Å²) in [7, 11) is 0. The van der Waals surface area contributed by atoms with Gasteiger partial charge in [0, 0.05) is 5.56 Å². The second-order valence-corrected chi connectivity index (χ2v) is 4.88. The zero-order chi connectivity index (χ0) is 14.3. The number of fused-ring (bicyclic) bond motifs is 1. The summed E-state index contributed by atoms with van der Waals surface area (Å²) in [5.41, 5.74) is 4.15. The van der Waals surface area contributed by atoms with E-state index < -0.39 is 5.97 Å². The summed E-state index contributed by atoms with van der Waals surface area (Å²) in [5.74, 6) is -0.292. The second kappa shape index (κ2) is 4.49. The number of hydrogen-bond donors (Lipinski definition) is 1. The number of imidazole rings is 1. The highest BCUT2D eigenvalue weighted by Gasteiger charge is 2.15. The van der Waals surface area contributed by atoms with Crippen LogP contribution in [0, 0.1) is 13.8 Å². The van der Waals surface area contributed by atoms with Crippen LogP contribution in [0.2, 0.25) is 0 Å². The normalized spacial score (nSPS) is 10.9. The molecular weight excluding hydrogens is 252 g/mol. The van der Waals surface area contributed by atoms with Crippen LogP contribution in [0.25, 0.3) is 16.9 Å². The topological polar surface area (TPSA) is 54.6 Å². The molecule has 2 heterocycles. The lowest BCUT2D eigenvalue weighted by Crippen LogP contribution is -2.06. The molecule has 4 heteroatoms. The first kappa shape index (κ1) is 12.4. The standard InChI is InChI=1S/C16H14N2O2/c1-10-6-7-11(2)13(8-10)15-17-9-12-4-3-5-14(16(19)20)18(12)15/h3-9H,1-2H3,(H,19,20). The van der Waals surface area contributed by atoms with Crippen LogP contribution >= 0.6 is 0 Å². The molecule has 20 heavy (non-hydrogen) atoms. The highest BCUT2D eigenvalue weighted by molar-refractivity contribution is 5.88. The van der Waals surface area contributed by atoms with E-state index >= 15 is 0 Å². The smallest absolute Gasteiger partial charge is 0.352 e. The van der Waals surface area contributed by atoms with Crippen LogP contribution in [0.5, 0.6) is 0 Å². The number of hydrogen-bond acceptors (Lipinski definition) is 2. The van der Waals surface area contributed by atoms with Gasteiger partial charge in [0.1, 0.15) is 11.5 Å². The molecule has 0 bridgehead atoms. The number of aromatic carboxylic acids is 1. The first-order valence-electron chi connectivity index (χ1n) is 6.35. The van der Waals surface area contributed by atoms with Crippen LogP contribution in [0.15, 0.2) is 42.6 Å². The minimum atomic E-state index is -0.958. The first-order valence-corrected chi connectivity index (χ1v) is 6.35. The second-order valence-electron chi connectivity index (χ2n) is 4.88. The van der Waals surface area contributed by atoms with Crippen LogP contribution in [0.4, 0.5) is 0 Å². The number of rotatable bonds is 2. The van der Waals surface area contributed by atoms with E-state index in [4.69, 9.17) is 0 Å². The Kier molecular flexibility index (Phi) is 2.79. The molecule has 0 spiro atoms. The molecule has 3 aromatic rings. The first-order chi connectivity index (χ1) is 9.58. The molecule has 2 aromatic heterocycles. The molecule has 0 fully saturated rings. The molecule has 0 saturated carbocycles. The van der Waals surface area contributed by atoms with E-state index in [-0.39, 0.29) is 5.69 Å². The third-order valence-corrected chi connectivity index (χ3v) is 3.40. The van der Waals surface area contributed by atoms with Gasteiger partial charge in [-0.3, -0.25) is 4.40 Å². The summed E-state index contributed by atoms with van der Waals surface area (Å²) in [4.78, 5) is 15.8. The fraction of sp³-hybridized carbons (Fsp3) is 0.125. The van der Waals surface area contributed by atoms with Crippen molar-refractivity contribution in [2.24, 2.45) is 0 Å². The van der Waals surface area contributed by atoms with E-state index in [0.717, 1.165) is 22.2 Å². The van der Waals surface area contributed by atoms with Crippen molar-refractivity contribution in [2.45, 2.75) is 13.8 Å². The highest BCUT2D eigenvalue weighted by Crippen LogP contribution is 2.25. The summed E-state index contributed by atoms with van der Waals surface area (Å²) in [6, 6.07) is 11.3. The Morgan fingerprint density at radius 1 is 1.20 bits per heavy atom. The fourth-order valence-electron chi connectivity index (χ4n) is 2.38. The predicted molar refractivity (Wildman–Crippen MR) is 77.1 cm³/mol. The van der Waals surface area contributed by atoms with Crippen LogP contribution in [-0.4, -0.2) is 20.5 Å². The van der Waals surface area contributed by atoms with Crippen molar-refractivity contribution in [3.8, 4) is 11.4 Å². The van der Waals surface area contributed by atoms with Gasteiger partial charge in [0.15, 0.2) is 0 Å². The molecule has 1 N–H and O–H groups in total. The molecule has 100 valence electrons. The maximum atomic E-state index is 11.4. The van der Waals surface area contributed by atoms with Gasteiger partial charge in [-0.15, -0.1) is 0 Å². The number of aryl methyl sites for hydroxylation is 2. The molecule has 0 aliphatic rings. The molecular formula is C16H14N2O2. The number of aromatic nitrogens is 2. The average Bonchev–Trinajstić information content (AvgIpc) is 2.85. The van der Waals surface area contributed by atoms with E-state index in [2.05, 4.69) is 4.98 Å². The Hall–Kier alpha value is -2.62. The third-order valence-electron chi connectivity index (χ3n) is 3.40. The summed E-state index contributed by atoms with van der Waals surface area (Å²) in [5, 5.41) is 9.35. The van der Waals surface area contributed by atoms with E-state index in [1.165, 1.54) is 0 Å². The summed E-state index contributed by atoms with van der Waals surface area (Å²) in [6.07, 6.45) is 1.70. The molecule has 0 amide bonds. The maximum Gasteiger partial charge on any atom is 0.352 e. The van der Waals surface area contributed by atoms with E-state index in [9.17, 15) is 9.90 Å². The van der Waals surface area contributed by atoms with E-state index in [1.54, 1.807) is 22.7 Å². The lowest BCUT2D eigenvalue weighted by molar-refractivity contribution is 0.0689. The van der Waals surface area contributed by atoms with Crippen molar-refractivity contribution < 1.29 is 9.90 Å². The SMILES string of the molecule is Cc1ccc(C)c(-c2ncc3cccc(C(=O)O)n23)c1. The summed E-state index contributed by atoms with van der Waals surface area (Å²) in [6.45, 7) is 4.01. The van der Waals surface area contributed by atoms with Gasteiger partial charge in [-0.25, -0.2) is 9.78 Å². The molecule has 0 unspecified atom stereocenters. The van der Waals surface area contributed by atoms with Crippen molar-refractivity contribution in [3.05, 3.63) is 59.4 Å². The third kappa shape index (κ3) is 1.86. The lowest BCUT2D eigenvalue weighted by Gasteiger charge is -2.08. The summed E-state index contributed by atoms with van der Waals surface area (Å²) < 4.78 is 1.68. The number of carboxylic acid groups (broad SMARTS) is 1. The Balaban J connectivity index is 2.37. The van der Waals surface area contributed by atoms with Crippen molar-refractivity contribution in [3.63, 3.8) is 0 Å². The molecule has 0 aliphatic heterocycles. The van der Waals surface area contributed by atoms with Crippen LogP contribution in [0.1, 0.15) is 21.6 Å². The van der Waals surface area contributed by atoms with Gasteiger partial charge in [0.05, 0.1) is 11.7 Å². The molecule has 0 aliphatic carbocycles. The van der Waals surface area contributed by atoms with Crippen molar-refractivity contribution in [2.75, 3.05) is 0 Å². The van der Waals surface area contributed by atoms with Crippen LogP contribution < -0.4 is 0 Å². The Bertz CT molecular complexity index is 818. The zero-order valence-corrected chi connectivity index (χ0v) is 11.3. The Morgan fingerprint density at radius 2 is 2.00 bits per heavy atom. The molecule has 4 nitrogen and oxygen atoms in total. The summed E-state index contributed by atoms with van der Waals surface area (Å²) >= 11 is 0. The van der Waals surface area contributed by atoms with Gasteiger partial charge >= 0.3 is 5.97 Å². The average molecular weight is 266 g/mol. The zero-order valence-electron chi connectivity index (χ0n) is 11.3. The number of nitrogens with zero attached hydrogens (tertiary/aromatic N) is 2. The molecule has 3 rings (SSSR count). The number of pyridine rings is 1. The van der Waals surface area contributed by atoms with Gasteiger partial charge in [0.2, 0.25) is 0 Å². The van der Waals surface area contributed by atoms with Gasteiger partial charge < -0.3 is 5.11 Å². The lowest BCUT2D eigenvalue weighted by atomic mass is 10.1. The highest BCUT2D eigenvalue weighted by atomic mass is 16.4.